The van der Waals surface area contributed by atoms with E-state index in [2.05, 4.69) is 0 Å². The topological polar surface area (TPSA) is 91.3 Å². The Kier molecular flexibility index (Phi) is 3.62. The molecule has 0 amide bonds. The number of nitrogens with zero attached hydrogens (tertiary/aromatic N) is 3. The minimum Gasteiger partial charge on any atom is -0.428 e. The van der Waals surface area contributed by atoms with Crippen LogP contribution in [0.1, 0.15) is 30.7 Å². The average Bonchev–Trinajstić information content (AvgIpc) is 2.77. The molecule has 114 valence electrons. The highest BCUT2D eigenvalue weighted by molar-refractivity contribution is 5.60. The molecule has 0 saturated heterocycles. The van der Waals surface area contributed by atoms with E-state index < -0.39 is 4.92 Å². The smallest absolute Gasteiger partial charge is 0.269 e. The van der Waals surface area contributed by atoms with Gasteiger partial charge in [0.2, 0.25) is 0 Å². The van der Waals surface area contributed by atoms with Crippen LogP contribution >= 0.6 is 0 Å². The third-order valence-corrected chi connectivity index (χ3v) is 4.02. The van der Waals surface area contributed by atoms with E-state index >= 15 is 0 Å². The fourth-order valence-electron chi connectivity index (χ4n) is 2.86. The van der Waals surface area contributed by atoms with Crippen LogP contribution in [0.25, 0.3) is 11.3 Å². The molecule has 0 bridgehead atoms. The molecular weight excluding hydrogens is 286 g/mol. The summed E-state index contributed by atoms with van der Waals surface area (Å²) in [5.41, 5.74) is 2.10. The van der Waals surface area contributed by atoms with Crippen LogP contribution in [-0.4, -0.2) is 14.9 Å². The van der Waals surface area contributed by atoms with Crippen LogP contribution in [0.5, 0.6) is 0 Å². The van der Waals surface area contributed by atoms with Gasteiger partial charge in [-0.05, 0) is 31.4 Å². The molecule has 3 rings (SSSR count). The van der Waals surface area contributed by atoms with Gasteiger partial charge in [-0.3, -0.25) is 10.1 Å². The highest BCUT2D eigenvalue weighted by Crippen LogP contribution is 2.24. The molecule has 0 fully saturated rings. The largest absolute Gasteiger partial charge is 0.428 e. The summed E-state index contributed by atoms with van der Waals surface area (Å²) in [5, 5.41) is 21.1. The van der Waals surface area contributed by atoms with Crippen molar-refractivity contribution in [2.75, 3.05) is 0 Å². The van der Waals surface area contributed by atoms with Gasteiger partial charge in [0.05, 0.1) is 9.35 Å². The second-order valence-electron chi connectivity index (χ2n) is 5.41. The first-order chi connectivity index (χ1) is 10.6. The first-order valence-electron chi connectivity index (χ1n) is 7.22. The molecule has 0 atom stereocenters. The Bertz CT molecular complexity index is 781. The summed E-state index contributed by atoms with van der Waals surface area (Å²) in [6.45, 7) is 0. The second-order valence-corrected chi connectivity index (χ2v) is 5.41. The lowest BCUT2D eigenvalue weighted by Crippen LogP contribution is -2.27. The van der Waals surface area contributed by atoms with Crippen molar-refractivity contribution >= 4 is 5.69 Å². The molecule has 22 heavy (non-hydrogen) atoms. The molecule has 1 N–H and O–H groups in total. The SMILES string of the molecule is O=[N+]([O-])c1ccc(-c2c[n+](=O)c3c(n2O)CCCCC3)cc1. The number of nitro benzene ring substituents is 1. The molecule has 7 heteroatoms. The van der Waals surface area contributed by atoms with E-state index in [1.165, 1.54) is 30.5 Å². The average molecular weight is 302 g/mol. The second kappa shape index (κ2) is 5.59. The standard InChI is InChI=1S/C15H16N3O4/c19-16-10-15(11-6-8-12(9-7-11)18(21)22)17(20)14-5-3-1-2-4-13(14)16/h6-10,20H,1-5H2/q+1. The predicted molar refractivity (Wildman–Crippen MR) is 78.3 cm³/mol. The summed E-state index contributed by atoms with van der Waals surface area (Å²) in [4.78, 5) is 22.4. The number of non-ortho nitro benzene ring substituents is 1. The molecule has 0 aliphatic heterocycles. The fourth-order valence-corrected chi connectivity index (χ4v) is 2.86. The van der Waals surface area contributed by atoms with Crippen LogP contribution in [0, 0.1) is 15.0 Å². The first-order valence-corrected chi connectivity index (χ1v) is 7.22. The zero-order chi connectivity index (χ0) is 15.7. The maximum atomic E-state index is 12.2. The molecule has 1 aromatic carbocycles. The summed E-state index contributed by atoms with van der Waals surface area (Å²) in [7, 11) is 0. The molecule has 0 radical (unpaired) electrons. The number of hydrogen-bond donors (Lipinski definition) is 1. The van der Waals surface area contributed by atoms with Crippen molar-refractivity contribution in [2.45, 2.75) is 32.1 Å². The highest BCUT2D eigenvalue weighted by atomic mass is 16.6. The molecule has 1 aliphatic carbocycles. The van der Waals surface area contributed by atoms with Gasteiger partial charge in [0, 0.05) is 29.0 Å². The van der Waals surface area contributed by atoms with Crippen molar-refractivity contribution < 1.29 is 14.6 Å². The Morgan fingerprint density at radius 1 is 1.14 bits per heavy atom. The lowest BCUT2D eigenvalue weighted by Gasteiger charge is -2.10. The quantitative estimate of drug-likeness (QED) is 0.303. The lowest BCUT2D eigenvalue weighted by molar-refractivity contribution is -0.506. The van der Waals surface area contributed by atoms with E-state index in [1.54, 1.807) is 0 Å². The van der Waals surface area contributed by atoms with Crippen LogP contribution in [0.2, 0.25) is 0 Å². The summed E-state index contributed by atoms with van der Waals surface area (Å²) >= 11 is 0. The Morgan fingerprint density at radius 2 is 1.82 bits per heavy atom. The van der Waals surface area contributed by atoms with E-state index in [4.69, 9.17) is 0 Å². The van der Waals surface area contributed by atoms with Gasteiger partial charge in [0.1, 0.15) is 5.69 Å². The molecule has 0 spiro atoms. The molecule has 0 unspecified atom stereocenters. The van der Waals surface area contributed by atoms with E-state index in [0.717, 1.165) is 28.4 Å². The Hall–Kier alpha value is -2.70. The minimum absolute atomic E-state index is 0.0296. The molecule has 1 heterocycles. The van der Waals surface area contributed by atoms with E-state index in [-0.39, 0.29) is 5.69 Å². The Morgan fingerprint density at radius 3 is 2.50 bits per heavy atom. The highest BCUT2D eigenvalue weighted by Gasteiger charge is 2.25. The van der Waals surface area contributed by atoms with Gasteiger partial charge >= 0.3 is 0 Å². The minimum atomic E-state index is -0.485. The van der Waals surface area contributed by atoms with E-state index in [9.17, 15) is 20.2 Å². The van der Waals surface area contributed by atoms with Crippen molar-refractivity contribution in [1.29, 1.82) is 0 Å². The molecule has 1 aromatic heterocycles. The van der Waals surface area contributed by atoms with Crippen LogP contribution < -0.4 is 4.43 Å². The van der Waals surface area contributed by atoms with Crippen LogP contribution in [0.15, 0.2) is 30.5 Å². The van der Waals surface area contributed by atoms with Gasteiger partial charge in [-0.1, -0.05) is 6.42 Å². The number of nitro groups is 1. The first kappa shape index (κ1) is 14.2. The van der Waals surface area contributed by atoms with Crippen molar-refractivity contribution in [3.8, 4) is 11.3 Å². The van der Waals surface area contributed by atoms with Crippen molar-refractivity contribution in [3.05, 3.63) is 56.9 Å². The molecule has 0 saturated carbocycles. The number of rotatable bonds is 2. The third kappa shape index (κ3) is 2.45. The van der Waals surface area contributed by atoms with Gasteiger partial charge in [-0.2, -0.15) is 4.73 Å². The number of benzene rings is 1. The molecule has 7 nitrogen and oxygen atoms in total. The summed E-state index contributed by atoms with van der Waals surface area (Å²) < 4.78 is 1.86. The number of fused-ring (bicyclic) bond motifs is 1. The van der Waals surface area contributed by atoms with Gasteiger partial charge < -0.3 is 5.21 Å². The Labute approximate surface area is 126 Å². The summed E-state index contributed by atoms with van der Waals surface area (Å²) in [6.07, 6.45) is 5.52. The molecule has 2 aromatic rings. The van der Waals surface area contributed by atoms with Crippen molar-refractivity contribution in [1.82, 2.24) is 4.73 Å². The van der Waals surface area contributed by atoms with E-state index in [0.29, 0.717) is 35.5 Å². The summed E-state index contributed by atoms with van der Waals surface area (Å²) in [6, 6.07) is 5.78. The normalized spacial score (nSPS) is 14.2. The zero-order valence-corrected chi connectivity index (χ0v) is 11.9. The third-order valence-electron chi connectivity index (χ3n) is 4.02. The van der Waals surface area contributed by atoms with E-state index in [1.807, 2.05) is 0 Å². The van der Waals surface area contributed by atoms with Crippen LogP contribution in [-0.2, 0) is 12.8 Å². The van der Waals surface area contributed by atoms with Gasteiger partial charge in [0.25, 0.3) is 17.6 Å². The maximum Gasteiger partial charge on any atom is 0.269 e. The van der Waals surface area contributed by atoms with Gasteiger partial charge in [-0.15, -0.1) is 0 Å². The molecular formula is C15H16N3O4+. The van der Waals surface area contributed by atoms with Crippen molar-refractivity contribution in [3.63, 3.8) is 0 Å². The van der Waals surface area contributed by atoms with Gasteiger partial charge in [0.15, 0.2) is 5.69 Å². The fraction of sp³-hybridized carbons (Fsp3) is 0.333. The number of aromatic nitrogens is 2. The van der Waals surface area contributed by atoms with Crippen molar-refractivity contribution in [2.24, 2.45) is 0 Å². The van der Waals surface area contributed by atoms with Crippen LogP contribution in [0.3, 0.4) is 0 Å². The number of hydrogen-bond acceptors (Lipinski definition) is 4. The Balaban J connectivity index is 2.11. The van der Waals surface area contributed by atoms with Gasteiger partial charge in [-0.25, -0.2) is 0 Å². The summed E-state index contributed by atoms with van der Waals surface area (Å²) in [5.74, 6) is 0. The predicted octanol–water partition coefficient (Wildman–Crippen LogP) is 2.48. The monoisotopic (exact) mass is 302 g/mol. The lowest BCUT2D eigenvalue weighted by atomic mass is 10.1. The molecule has 1 aliphatic rings. The zero-order valence-electron chi connectivity index (χ0n) is 11.9. The van der Waals surface area contributed by atoms with Crippen LogP contribution in [0.4, 0.5) is 5.69 Å². The maximum absolute atomic E-state index is 12.2.